The highest BCUT2D eigenvalue weighted by Crippen LogP contribution is 2.35. The van der Waals surface area contributed by atoms with Crippen molar-refractivity contribution in [1.82, 2.24) is 24.8 Å². The Bertz CT molecular complexity index is 1230. The quantitative estimate of drug-likeness (QED) is 0.573. The summed E-state index contributed by atoms with van der Waals surface area (Å²) in [6.07, 6.45) is -3.65. The van der Waals surface area contributed by atoms with Crippen LogP contribution in [0.4, 0.5) is 13.2 Å². The lowest BCUT2D eigenvalue weighted by Gasteiger charge is -2.14. The van der Waals surface area contributed by atoms with Crippen LogP contribution in [0, 0.1) is 11.3 Å². The van der Waals surface area contributed by atoms with Crippen molar-refractivity contribution in [3.05, 3.63) is 68.4 Å². The molecule has 0 saturated carbocycles. The molecular weight excluding hydrogens is 429 g/mol. The zero-order valence-corrected chi connectivity index (χ0v) is 15.8. The van der Waals surface area contributed by atoms with Crippen molar-refractivity contribution in [2.75, 3.05) is 7.11 Å². The van der Waals surface area contributed by atoms with Gasteiger partial charge in [-0.1, -0.05) is 11.6 Å². The summed E-state index contributed by atoms with van der Waals surface area (Å²) in [4.78, 5) is 24.2. The molecule has 0 fully saturated rings. The van der Waals surface area contributed by atoms with Crippen LogP contribution in [0.2, 0.25) is 5.02 Å². The number of alkyl halides is 3. The number of pyridine rings is 1. The second kappa shape index (κ2) is 7.96. The van der Waals surface area contributed by atoms with Gasteiger partial charge >= 0.3 is 12.1 Å². The van der Waals surface area contributed by atoms with E-state index in [1.54, 1.807) is 6.07 Å². The van der Waals surface area contributed by atoms with Crippen LogP contribution < -0.4 is 5.56 Å². The number of rotatable bonds is 4. The van der Waals surface area contributed by atoms with Gasteiger partial charge in [0.05, 0.1) is 30.5 Å². The molecule has 0 aliphatic rings. The van der Waals surface area contributed by atoms with Gasteiger partial charge in [0.25, 0.3) is 5.56 Å². The van der Waals surface area contributed by atoms with E-state index in [4.69, 9.17) is 16.9 Å². The minimum atomic E-state index is -4.75. The molecule has 0 spiro atoms. The number of carbonyl (C=O) groups is 1. The minimum absolute atomic E-state index is 0.102. The van der Waals surface area contributed by atoms with Crippen LogP contribution in [0.15, 0.2) is 35.3 Å². The van der Waals surface area contributed by atoms with Crippen LogP contribution in [-0.2, 0) is 17.5 Å². The first-order chi connectivity index (χ1) is 14.2. The van der Waals surface area contributed by atoms with Crippen molar-refractivity contribution in [2.24, 2.45) is 0 Å². The van der Waals surface area contributed by atoms with E-state index in [1.165, 1.54) is 6.07 Å². The monoisotopic (exact) mass is 438 g/mol. The predicted octanol–water partition coefficient (Wildman–Crippen LogP) is 2.20. The molecule has 13 heteroatoms. The van der Waals surface area contributed by atoms with Crippen molar-refractivity contribution >= 4 is 17.6 Å². The molecule has 3 rings (SSSR count). The van der Waals surface area contributed by atoms with Gasteiger partial charge in [-0.3, -0.25) is 4.79 Å². The molecule has 0 unspecified atom stereocenters. The largest absolute Gasteiger partial charge is 0.465 e. The number of nitriles is 1. The third-order valence-electron chi connectivity index (χ3n) is 3.97. The Balaban J connectivity index is 2.12. The van der Waals surface area contributed by atoms with E-state index in [2.05, 4.69) is 20.3 Å². The van der Waals surface area contributed by atoms with Crippen molar-refractivity contribution in [3.8, 4) is 11.8 Å². The summed E-state index contributed by atoms with van der Waals surface area (Å²) >= 11 is 5.69. The van der Waals surface area contributed by atoms with E-state index in [-0.39, 0.29) is 22.0 Å². The number of hydrogen-bond donors (Lipinski definition) is 0. The maximum atomic E-state index is 13.4. The van der Waals surface area contributed by atoms with E-state index >= 15 is 0 Å². The molecule has 2 heterocycles. The highest BCUT2D eigenvalue weighted by molar-refractivity contribution is 6.30. The van der Waals surface area contributed by atoms with Crippen LogP contribution in [0.3, 0.4) is 0 Å². The van der Waals surface area contributed by atoms with Gasteiger partial charge in [-0.2, -0.15) is 23.1 Å². The SMILES string of the molecule is COC(=O)c1cc(C#N)c(=O)n(Cc2nnnn2-c2ccc(Cl)cc2C(F)(F)F)c1. The molecule has 3 aromatic rings. The number of benzene rings is 1. The van der Waals surface area contributed by atoms with Gasteiger partial charge in [0.2, 0.25) is 0 Å². The fourth-order valence-electron chi connectivity index (χ4n) is 2.63. The second-order valence-electron chi connectivity index (χ2n) is 5.85. The molecule has 1 aromatic carbocycles. The number of hydrogen-bond acceptors (Lipinski definition) is 7. The number of methoxy groups -OCH3 is 1. The van der Waals surface area contributed by atoms with Crippen molar-refractivity contribution in [1.29, 1.82) is 5.26 Å². The molecular formula is C17H10ClF3N6O3. The Morgan fingerprint density at radius 2 is 2.07 bits per heavy atom. The molecule has 154 valence electrons. The van der Waals surface area contributed by atoms with E-state index in [0.717, 1.165) is 40.8 Å². The second-order valence-corrected chi connectivity index (χ2v) is 6.28. The molecule has 0 bridgehead atoms. The van der Waals surface area contributed by atoms with Crippen molar-refractivity contribution in [2.45, 2.75) is 12.7 Å². The Morgan fingerprint density at radius 1 is 1.33 bits per heavy atom. The van der Waals surface area contributed by atoms with E-state index < -0.39 is 35.5 Å². The van der Waals surface area contributed by atoms with Crippen LogP contribution >= 0.6 is 11.6 Å². The van der Waals surface area contributed by atoms with Gasteiger partial charge < -0.3 is 9.30 Å². The number of carbonyl (C=O) groups excluding carboxylic acids is 1. The van der Waals surface area contributed by atoms with Crippen LogP contribution in [0.5, 0.6) is 0 Å². The minimum Gasteiger partial charge on any atom is -0.465 e. The molecule has 0 saturated heterocycles. The summed E-state index contributed by atoms with van der Waals surface area (Å²) in [5.74, 6) is -0.965. The fourth-order valence-corrected chi connectivity index (χ4v) is 2.80. The number of aromatic nitrogens is 5. The average Bonchev–Trinajstić information content (AvgIpc) is 3.16. The van der Waals surface area contributed by atoms with Gasteiger partial charge in [0, 0.05) is 11.2 Å². The van der Waals surface area contributed by atoms with Crippen LogP contribution in [-0.4, -0.2) is 37.9 Å². The van der Waals surface area contributed by atoms with E-state index in [9.17, 15) is 22.8 Å². The Morgan fingerprint density at radius 3 is 2.70 bits per heavy atom. The number of tetrazole rings is 1. The topological polar surface area (TPSA) is 116 Å². The normalized spacial score (nSPS) is 11.2. The molecule has 0 N–H and O–H groups in total. The summed E-state index contributed by atoms with van der Waals surface area (Å²) in [7, 11) is 1.11. The van der Waals surface area contributed by atoms with Crippen LogP contribution in [0.25, 0.3) is 5.69 Å². The number of halogens is 4. The summed E-state index contributed by atoms with van der Waals surface area (Å²) < 4.78 is 46.6. The first-order valence-electron chi connectivity index (χ1n) is 8.03. The van der Waals surface area contributed by atoms with E-state index in [1.807, 2.05) is 0 Å². The lowest BCUT2D eigenvalue weighted by Crippen LogP contribution is -2.26. The highest BCUT2D eigenvalue weighted by Gasteiger charge is 2.35. The molecule has 30 heavy (non-hydrogen) atoms. The number of ether oxygens (including phenoxy) is 1. The average molecular weight is 439 g/mol. The summed E-state index contributed by atoms with van der Waals surface area (Å²) in [6.45, 7) is -0.425. The zero-order chi connectivity index (χ0) is 22.1. The third-order valence-corrected chi connectivity index (χ3v) is 4.20. The van der Waals surface area contributed by atoms with Gasteiger partial charge in [-0.05, 0) is 34.7 Å². The zero-order valence-electron chi connectivity index (χ0n) is 15.0. The van der Waals surface area contributed by atoms with Gasteiger partial charge in [-0.25, -0.2) is 4.79 Å². The third kappa shape index (κ3) is 4.01. The lowest BCUT2D eigenvalue weighted by molar-refractivity contribution is -0.137. The van der Waals surface area contributed by atoms with E-state index in [0.29, 0.717) is 0 Å². The van der Waals surface area contributed by atoms with Crippen molar-refractivity contribution in [3.63, 3.8) is 0 Å². The molecule has 0 amide bonds. The maximum absolute atomic E-state index is 13.4. The van der Waals surface area contributed by atoms with Gasteiger partial charge in [0.1, 0.15) is 11.6 Å². The Labute approximate surface area is 170 Å². The summed E-state index contributed by atoms with van der Waals surface area (Å²) in [5.41, 5.74) is -2.75. The molecule has 2 aromatic heterocycles. The number of nitrogens with zero attached hydrogens (tertiary/aromatic N) is 6. The Kier molecular flexibility index (Phi) is 5.57. The molecule has 0 atom stereocenters. The lowest BCUT2D eigenvalue weighted by atomic mass is 10.1. The summed E-state index contributed by atoms with van der Waals surface area (Å²) in [6, 6.07) is 5.74. The van der Waals surface area contributed by atoms with Gasteiger partial charge in [-0.15, -0.1) is 5.10 Å². The highest BCUT2D eigenvalue weighted by atomic mass is 35.5. The first kappa shape index (κ1) is 21.0. The first-order valence-corrected chi connectivity index (χ1v) is 8.40. The molecule has 0 aliphatic carbocycles. The standard InChI is InChI=1S/C17H10ClF3N6O3/c1-30-16(29)10-4-9(6-22)15(28)26(7-10)8-14-23-24-25-27(14)13-3-2-11(18)5-12(13)17(19,20)21/h2-5,7H,8H2,1H3. The molecule has 0 radical (unpaired) electrons. The van der Waals surface area contributed by atoms with Crippen LogP contribution in [0.1, 0.15) is 27.3 Å². The smallest absolute Gasteiger partial charge is 0.418 e. The predicted molar refractivity (Wildman–Crippen MR) is 95.0 cm³/mol. The molecule has 9 nitrogen and oxygen atoms in total. The fraction of sp³-hybridized carbons (Fsp3) is 0.176. The number of esters is 1. The van der Waals surface area contributed by atoms with Crippen molar-refractivity contribution < 1.29 is 22.7 Å². The summed E-state index contributed by atoms with van der Waals surface area (Å²) in [5, 5.41) is 19.6. The maximum Gasteiger partial charge on any atom is 0.418 e. The molecule has 0 aliphatic heterocycles. The Hall–Kier alpha value is -3.72. The van der Waals surface area contributed by atoms with Gasteiger partial charge in [0.15, 0.2) is 5.82 Å².